The first-order valence-electron chi connectivity index (χ1n) is 9.86. The highest BCUT2D eigenvalue weighted by atomic mass is 32.1. The molecule has 0 saturated carbocycles. The van der Waals surface area contributed by atoms with Gasteiger partial charge in [0.05, 0.1) is 13.2 Å². The molecule has 1 N–H and O–H groups in total. The van der Waals surface area contributed by atoms with Crippen molar-refractivity contribution in [2.75, 3.05) is 25.1 Å². The van der Waals surface area contributed by atoms with Gasteiger partial charge in [0.1, 0.15) is 22.3 Å². The molecule has 0 unspecified atom stereocenters. The van der Waals surface area contributed by atoms with E-state index in [-0.39, 0.29) is 12.5 Å². The maximum Gasteiger partial charge on any atom is 0.264 e. The van der Waals surface area contributed by atoms with Crippen LogP contribution < -0.4 is 19.5 Å². The molecule has 0 aliphatic rings. The molecule has 7 nitrogen and oxygen atoms in total. The highest BCUT2D eigenvalue weighted by Gasteiger charge is 2.09. The van der Waals surface area contributed by atoms with Crippen molar-refractivity contribution in [2.45, 2.75) is 26.7 Å². The zero-order valence-corrected chi connectivity index (χ0v) is 17.9. The first-order chi connectivity index (χ1) is 14.7. The molecular weight excluding hydrogens is 402 g/mol. The average Bonchev–Trinajstić information content (AvgIpc) is 3.21. The molecule has 8 heteroatoms. The predicted molar refractivity (Wildman–Crippen MR) is 117 cm³/mol. The van der Waals surface area contributed by atoms with E-state index in [9.17, 15) is 4.79 Å². The molecule has 158 valence electrons. The van der Waals surface area contributed by atoms with Crippen LogP contribution in [0.25, 0.3) is 0 Å². The number of amides is 1. The molecule has 0 radical (unpaired) electrons. The molecule has 0 spiro atoms. The van der Waals surface area contributed by atoms with E-state index >= 15 is 0 Å². The van der Waals surface area contributed by atoms with E-state index < -0.39 is 0 Å². The fraction of sp³-hybridized carbons (Fsp3) is 0.318. The van der Waals surface area contributed by atoms with Crippen LogP contribution in [0.1, 0.15) is 24.4 Å². The van der Waals surface area contributed by atoms with Gasteiger partial charge < -0.3 is 14.2 Å². The standard InChI is InChI=1S/C22H25N3O4S/c1-3-16-5-7-18(8-6-16)28-14-13-21-24-25-22(30-21)23-20(26)15-29-19-11-9-17(10-12-19)27-4-2/h5-12H,3-4,13-15H2,1-2H3,(H,23,25,26). The molecule has 0 aliphatic carbocycles. The molecule has 3 rings (SSSR count). The summed E-state index contributed by atoms with van der Waals surface area (Å²) in [6.07, 6.45) is 1.62. The maximum atomic E-state index is 12.1. The molecule has 0 aliphatic heterocycles. The first-order valence-corrected chi connectivity index (χ1v) is 10.7. The highest BCUT2D eigenvalue weighted by molar-refractivity contribution is 7.15. The van der Waals surface area contributed by atoms with E-state index in [4.69, 9.17) is 14.2 Å². The zero-order valence-electron chi connectivity index (χ0n) is 17.1. The Hall–Kier alpha value is -3.13. The van der Waals surface area contributed by atoms with Gasteiger partial charge in [-0.25, -0.2) is 0 Å². The largest absolute Gasteiger partial charge is 0.494 e. The molecule has 0 saturated heterocycles. The molecule has 1 aromatic heterocycles. The van der Waals surface area contributed by atoms with Gasteiger partial charge in [-0.05, 0) is 55.3 Å². The number of ether oxygens (including phenoxy) is 3. The van der Waals surface area contributed by atoms with E-state index in [1.54, 1.807) is 24.3 Å². The molecule has 0 atom stereocenters. The number of hydrogen-bond acceptors (Lipinski definition) is 7. The van der Waals surface area contributed by atoms with Crippen LogP contribution in [0.4, 0.5) is 5.13 Å². The molecule has 0 fully saturated rings. The minimum atomic E-state index is -0.293. The van der Waals surface area contributed by atoms with Crippen molar-refractivity contribution in [1.29, 1.82) is 0 Å². The van der Waals surface area contributed by atoms with Crippen LogP contribution in [-0.2, 0) is 17.6 Å². The number of carbonyl (C=O) groups excluding carboxylic acids is 1. The third-order valence-electron chi connectivity index (χ3n) is 4.13. The fourth-order valence-corrected chi connectivity index (χ4v) is 3.32. The number of carbonyl (C=O) groups is 1. The summed E-state index contributed by atoms with van der Waals surface area (Å²) in [5, 5.41) is 12.0. The lowest BCUT2D eigenvalue weighted by molar-refractivity contribution is -0.118. The second-order valence-electron chi connectivity index (χ2n) is 6.34. The van der Waals surface area contributed by atoms with E-state index in [1.807, 2.05) is 19.1 Å². The Bertz CT molecular complexity index is 926. The number of hydrogen-bond donors (Lipinski definition) is 1. The number of nitrogens with one attached hydrogen (secondary N) is 1. The van der Waals surface area contributed by atoms with E-state index in [0.29, 0.717) is 30.5 Å². The van der Waals surface area contributed by atoms with E-state index in [0.717, 1.165) is 22.9 Å². The van der Waals surface area contributed by atoms with Crippen molar-refractivity contribution >= 4 is 22.4 Å². The van der Waals surface area contributed by atoms with Gasteiger partial charge >= 0.3 is 0 Å². The molecular formula is C22H25N3O4S. The SMILES string of the molecule is CCOc1ccc(OCC(=O)Nc2nnc(CCOc3ccc(CC)cc3)s2)cc1. The van der Waals surface area contributed by atoms with Gasteiger partial charge in [-0.1, -0.05) is 30.4 Å². The summed E-state index contributed by atoms with van der Waals surface area (Å²) < 4.78 is 16.6. The van der Waals surface area contributed by atoms with E-state index in [2.05, 4.69) is 34.6 Å². The van der Waals surface area contributed by atoms with Crippen molar-refractivity contribution in [3.8, 4) is 17.2 Å². The van der Waals surface area contributed by atoms with Gasteiger partial charge in [0.25, 0.3) is 5.91 Å². The van der Waals surface area contributed by atoms with Crippen LogP contribution in [0.15, 0.2) is 48.5 Å². The van der Waals surface area contributed by atoms with Crippen molar-refractivity contribution < 1.29 is 19.0 Å². The van der Waals surface area contributed by atoms with E-state index in [1.165, 1.54) is 16.9 Å². The Morgan fingerprint density at radius 3 is 2.20 bits per heavy atom. The van der Waals surface area contributed by atoms with Crippen molar-refractivity contribution in [3.05, 3.63) is 59.1 Å². The van der Waals surface area contributed by atoms with Crippen LogP contribution >= 0.6 is 11.3 Å². The second-order valence-corrected chi connectivity index (χ2v) is 7.40. The predicted octanol–water partition coefficient (Wildman–Crippen LogP) is 4.14. The van der Waals surface area contributed by atoms with Crippen molar-refractivity contribution in [1.82, 2.24) is 10.2 Å². The monoisotopic (exact) mass is 427 g/mol. The Balaban J connectivity index is 1.39. The summed E-state index contributed by atoms with van der Waals surface area (Å²) in [7, 11) is 0. The van der Waals surface area contributed by atoms with Crippen LogP contribution in [-0.4, -0.2) is 35.9 Å². The van der Waals surface area contributed by atoms with Gasteiger partial charge in [-0.2, -0.15) is 0 Å². The molecule has 0 bridgehead atoms. The number of aryl methyl sites for hydroxylation is 1. The van der Waals surface area contributed by atoms with Gasteiger partial charge in [0, 0.05) is 6.42 Å². The quantitative estimate of drug-likeness (QED) is 0.495. The third kappa shape index (κ3) is 6.73. The summed E-state index contributed by atoms with van der Waals surface area (Å²) in [5.41, 5.74) is 1.28. The first kappa shape index (κ1) is 21.6. The average molecular weight is 428 g/mol. The Morgan fingerprint density at radius 1 is 0.900 bits per heavy atom. The number of rotatable bonds is 11. The third-order valence-corrected chi connectivity index (χ3v) is 5.03. The van der Waals surface area contributed by atoms with Crippen molar-refractivity contribution in [3.63, 3.8) is 0 Å². The lowest BCUT2D eigenvalue weighted by Crippen LogP contribution is -2.20. The van der Waals surface area contributed by atoms with Crippen LogP contribution in [0.3, 0.4) is 0 Å². The molecule has 1 amide bonds. The summed E-state index contributed by atoms with van der Waals surface area (Å²) in [6.45, 7) is 5.03. The summed E-state index contributed by atoms with van der Waals surface area (Å²) >= 11 is 1.33. The van der Waals surface area contributed by atoms with Gasteiger partial charge in [0.2, 0.25) is 5.13 Å². The van der Waals surface area contributed by atoms with Crippen LogP contribution in [0.2, 0.25) is 0 Å². The van der Waals surface area contributed by atoms with Gasteiger partial charge in [0.15, 0.2) is 6.61 Å². The molecule has 1 heterocycles. The van der Waals surface area contributed by atoms with Gasteiger partial charge in [-0.15, -0.1) is 10.2 Å². The number of nitrogens with zero attached hydrogens (tertiary/aromatic N) is 2. The zero-order chi connectivity index (χ0) is 21.2. The fourth-order valence-electron chi connectivity index (χ4n) is 2.59. The molecule has 3 aromatic rings. The van der Waals surface area contributed by atoms with Crippen molar-refractivity contribution in [2.24, 2.45) is 0 Å². The number of aromatic nitrogens is 2. The summed E-state index contributed by atoms with van der Waals surface area (Å²) in [4.78, 5) is 12.1. The normalized spacial score (nSPS) is 10.5. The Labute approximate surface area is 180 Å². The smallest absolute Gasteiger partial charge is 0.264 e. The lowest BCUT2D eigenvalue weighted by atomic mass is 10.2. The molecule has 30 heavy (non-hydrogen) atoms. The Kier molecular flexibility index (Phi) is 8.02. The van der Waals surface area contributed by atoms with Gasteiger partial charge in [-0.3, -0.25) is 10.1 Å². The Morgan fingerprint density at radius 2 is 1.53 bits per heavy atom. The highest BCUT2D eigenvalue weighted by Crippen LogP contribution is 2.19. The number of benzene rings is 2. The topological polar surface area (TPSA) is 82.6 Å². The summed E-state index contributed by atoms with van der Waals surface area (Å²) in [6, 6.07) is 15.2. The molecule has 2 aromatic carbocycles. The van der Waals surface area contributed by atoms with Crippen LogP contribution in [0, 0.1) is 0 Å². The van der Waals surface area contributed by atoms with Crippen LogP contribution in [0.5, 0.6) is 17.2 Å². The summed E-state index contributed by atoms with van der Waals surface area (Å²) in [5.74, 6) is 1.89. The maximum absolute atomic E-state index is 12.1. The number of anilines is 1. The lowest BCUT2D eigenvalue weighted by Gasteiger charge is -2.07. The minimum Gasteiger partial charge on any atom is -0.494 e. The second kappa shape index (κ2) is 11.2. The minimum absolute atomic E-state index is 0.111.